The fraction of sp³-hybridized carbons (Fsp3) is 0.500. The second-order valence-corrected chi connectivity index (χ2v) is 5.86. The molecule has 0 saturated heterocycles. The number of nitrogens with one attached hydrogen (secondary N) is 1. The van der Waals surface area contributed by atoms with E-state index in [9.17, 15) is 8.42 Å². The number of benzene rings is 1. The molecule has 19 heavy (non-hydrogen) atoms. The van der Waals surface area contributed by atoms with Crippen molar-refractivity contribution in [2.45, 2.75) is 12.8 Å². The molecule has 0 heterocycles. The first kappa shape index (κ1) is 15.6. The second kappa shape index (κ2) is 7.20. The van der Waals surface area contributed by atoms with Gasteiger partial charge in [-0.2, -0.15) is 0 Å². The quantitative estimate of drug-likeness (QED) is 0.701. The van der Waals surface area contributed by atoms with E-state index < -0.39 is 10.0 Å². The Balaban J connectivity index is 2.80. The molecule has 0 amide bonds. The van der Waals surface area contributed by atoms with Gasteiger partial charge in [0.1, 0.15) is 11.5 Å². The molecule has 0 bridgehead atoms. The molecule has 1 rings (SSSR count). The minimum atomic E-state index is -3.37. The molecular weight excluding hydrogens is 268 g/mol. The summed E-state index contributed by atoms with van der Waals surface area (Å²) >= 11 is 0. The standard InChI is InChI=1S/C12H20N2O4S/c1-17-11-7-10(8-12(9-11)18-2)14-19(15,16)6-4-3-5-13/h7-9,14H,3-6,13H2,1-2H3. The third-order valence-electron chi connectivity index (χ3n) is 2.49. The molecule has 0 aromatic heterocycles. The Morgan fingerprint density at radius 1 is 1.11 bits per heavy atom. The van der Waals surface area contributed by atoms with Crippen molar-refractivity contribution in [1.82, 2.24) is 0 Å². The van der Waals surface area contributed by atoms with E-state index in [-0.39, 0.29) is 5.75 Å². The molecular formula is C12H20N2O4S. The molecule has 0 unspecified atom stereocenters. The van der Waals surface area contributed by atoms with Crippen molar-refractivity contribution in [2.75, 3.05) is 31.2 Å². The molecule has 0 spiro atoms. The van der Waals surface area contributed by atoms with Crippen molar-refractivity contribution in [2.24, 2.45) is 5.73 Å². The number of sulfonamides is 1. The van der Waals surface area contributed by atoms with Crippen LogP contribution in [0.25, 0.3) is 0 Å². The van der Waals surface area contributed by atoms with Crippen molar-refractivity contribution in [3.8, 4) is 11.5 Å². The summed E-state index contributed by atoms with van der Waals surface area (Å²) in [5, 5.41) is 0. The molecule has 1 aromatic rings. The van der Waals surface area contributed by atoms with E-state index in [1.54, 1.807) is 18.2 Å². The van der Waals surface area contributed by atoms with Gasteiger partial charge in [0.2, 0.25) is 10.0 Å². The Labute approximate surface area is 113 Å². The molecule has 0 radical (unpaired) electrons. The molecule has 0 atom stereocenters. The van der Waals surface area contributed by atoms with Crippen LogP contribution < -0.4 is 19.9 Å². The van der Waals surface area contributed by atoms with E-state index in [1.165, 1.54) is 14.2 Å². The maximum Gasteiger partial charge on any atom is 0.232 e. The number of methoxy groups -OCH3 is 2. The summed E-state index contributed by atoms with van der Waals surface area (Å²) < 4.78 is 36.3. The van der Waals surface area contributed by atoms with Crippen molar-refractivity contribution in [1.29, 1.82) is 0 Å². The zero-order valence-electron chi connectivity index (χ0n) is 11.2. The lowest BCUT2D eigenvalue weighted by Gasteiger charge is -2.11. The van der Waals surface area contributed by atoms with Gasteiger partial charge in [-0.15, -0.1) is 0 Å². The normalized spacial score (nSPS) is 11.1. The molecule has 1 aromatic carbocycles. The second-order valence-electron chi connectivity index (χ2n) is 4.02. The SMILES string of the molecule is COc1cc(NS(=O)(=O)CCCCN)cc(OC)c1. The van der Waals surface area contributed by atoms with Gasteiger partial charge in [0.15, 0.2) is 0 Å². The maximum atomic E-state index is 11.8. The molecule has 7 heteroatoms. The van der Waals surface area contributed by atoms with Crippen LogP contribution in [-0.4, -0.2) is 34.9 Å². The highest BCUT2D eigenvalue weighted by atomic mass is 32.2. The Hall–Kier alpha value is -1.47. The first-order chi connectivity index (χ1) is 9.00. The molecule has 0 saturated carbocycles. The predicted molar refractivity (Wildman–Crippen MR) is 75.2 cm³/mol. The highest BCUT2D eigenvalue weighted by molar-refractivity contribution is 7.92. The van der Waals surface area contributed by atoms with E-state index in [0.717, 1.165) is 0 Å². The summed E-state index contributed by atoms with van der Waals surface area (Å²) in [4.78, 5) is 0. The Kier molecular flexibility index (Phi) is 5.91. The number of unbranched alkanes of at least 4 members (excludes halogenated alkanes) is 1. The molecule has 0 aliphatic rings. The predicted octanol–water partition coefficient (Wildman–Crippen LogP) is 1.18. The lowest BCUT2D eigenvalue weighted by Crippen LogP contribution is -2.17. The van der Waals surface area contributed by atoms with Gasteiger partial charge in [0.05, 0.1) is 25.7 Å². The van der Waals surface area contributed by atoms with Crippen molar-refractivity contribution >= 4 is 15.7 Å². The van der Waals surface area contributed by atoms with Gasteiger partial charge in [0.25, 0.3) is 0 Å². The van der Waals surface area contributed by atoms with Crippen LogP contribution in [0.15, 0.2) is 18.2 Å². The average Bonchev–Trinajstić information content (AvgIpc) is 2.37. The number of nitrogens with two attached hydrogens (primary N) is 1. The van der Waals surface area contributed by atoms with Crippen LogP contribution in [0.1, 0.15) is 12.8 Å². The minimum Gasteiger partial charge on any atom is -0.497 e. The Bertz CT molecular complexity index is 480. The van der Waals surface area contributed by atoms with Gasteiger partial charge in [-0.3, -0.25) is 4.72 Å². The fourth-order valence-corrected chi connectivity index (χ4v) is 2.70. The molecule has 0 aliphatic carbocycles. The van der Waals surface area contributed by atoms with Crippen LogP contribution in [-0.2, 0) is 10.0 Å². The lowest BCUT2D eigenvalue weighted by molar-refractivity contribution is 0.395. The van der Waals surface area contributed by atoms with Crippen LogP contribution in [0.3, 0.4) is 0 Å². The highest BCUT2D eigenvalue weighted by Gasteiger charge is 2.11. The monoisotopic (exact) mass is 288 g/mol. The van der Waals surface area contributed by atoms with Crippen molar-refractivity contribution in [3.05, 3.63) is 18.2 Å². The fourth-order valence-electron chi connectivity index (χ4n) is 1.53. The number of rotatable bonds is 8. The topological polar surface area (TPSA) is 90.7 Å². The average molecular weight is 288 g/mol. The van der Waals surface area contributed by atoms with Gasteiger partial charge in [-0.25, -0.2) is 8.42 Å². The molecule has 3 N–H and O–H groups in total. The third kappa shape index (κ3) is 5.35. The lowest BCUT2D eigenvalue weighted by atomic mass is 10.3. The van der Waals surface area contributed by atoms with Gasteiger partial charge >= 0.3 is 0 Å². The summed E-state index contributed by atoms with van der Waals surface area (Å²) in [6.07, 6.45) is 1.22. The smallest absolute Gasteiger partial charge is 0.232 e. The van der Waals surface area contributed by atoms with Crippen molar-refractivity contribution < 1.29 is 17.9 Å². The number of hydrogen-bond donors (Lipinski definition) is 2. The van der Waals surface area contributed by atoms with Crippen LogP contribution in [0.5, 0.6) is 11.5 Å². The molecule has 6 nitrogen and oxygen atoms in total. The van der Waals surface area contributed by atoms with Crippen molar-refractivity contribution in [3.63, 3.8) is 0 Å². The zero-order chi connectivity index (χ0) is 14.3. The zero-order valence-corrected chi connectivity index (χ0v) is 12.0. The number of anilines is 1. The van der Waals surface area contributed by atoms with Crippen LogP contribution in [0, 0.1) is 0 Å². The number of hydrogen-bond acceptors (Lipinski definition) is 5. The summed E-state index contributed by atoms with van der Waals surface area (Å²) in [7, 11) is -0.357. The maximum absolute atomic E-state index is 11.8. The van der Waals surface area contributed by atoms with Gasteiger partial charge in [-0.05, 0) is 19.4 Å². The third-order valence-corrected chi connectivity index (χ3v) is 3.86. The summed E-state index contributed by atoms with van der Waals surface area (Å²) in [6, 6.07) is 4.87. The largest absolute Gasteiger partial charge is 0.497 e. The Morgan fingerprint density at radius 2 is 1.68 bits per heavy atom. The van der Waals surface area contributed by atoms with E-state index in [0.29, 0.717) is 36.6 Å². The van der Waals surface area contributed by atoms with Crippen LogP contribution in [0.2, 0.25) is 0 Å². The first-order valence-electron chi connectivity index (χ1n) is 5.94. The van der Waals surface area contributed by atoms with Crippen LogP contribution in [0.4, 0.5) is 5.69 Å². The van der Waals surface area contributed by atoms with Gasteiger partial charge < -0.3 is 15.2 Å². The summed E-state index contributed by atoms with van der Waals surface area (Å²) in [5.41, 5.74) is 5.76. The van der Waals surface area contributed by atoms with Crippen LogP contribution >= 0.6 is 0 Å². The van der Waals surface area contributed by atoms with E-state index in [4.69, 9.17) is 15.2 Å². The summed E-state index contributed by atoms with van der Waals surface area (Å²) in [6.45, 7) is 0.489. The number of ether oxygens (including phenoxy) is 2. The molecule has 108 valence electrons. The van der Waals surface area contributed by atoms with E-state index in [1.807, 2.05) is 0 Å². The van der Waals surface area contributed by atoms with E-state index in [2.05, 4.69) is 4.72 Å². The highest BCUT2D eigenvalue weighted by Crippen LogP contribution is 2.26. The van der Waals surface area contributed by atoms with Gasteiger partial charge in [-0.1, -0.05) is 0 Å². The molecule has 0 aliphatic heterocycles. The van der Waals surface area contributed by atoms with E-state index >= 15 is 0 Å². The summed E-state index contributed by atoms with van der Waals surface area (Å²) in [5.74, 6) is 1.10. The minimum absolute atomic E-state index is 0.0454. The molecule has 0 fully saturated rings. The van der Waals surface area contributed by atoms with Gasteiger partial charge in [0, 0.05) is 18.2 Å². The first-order valence-corrected chi connectivity index (χ1v) is 7.59. The Morgan fingerprint density at radius 3 is 2.16 bits per heavy atom.